The number of rotatable bonds is 3. The Balaban J connectivity index is 2.77. The number of nitrogens with two attached hydrogens (primary N) is 1. The van der Waals surface area contributed by atoms with Crippen molar-refractivity contribution in [3.05, 3.63) is 35.4 Å². The summed E-state index contributed by atoms with van der Waals surface area (Å²) in [4.78, 5) is 0. The van der Waals surface area contributed by atoms with Crippen molar-refractivity contribution in [2.24, 2.45) is 5.73 Å². The molecule has 1 atom stereocenters. The van der Waals surface area contributed by atoms with E-state index in [0.717, 1.165) is 11.1 Å². The first-order valence-corrected chi connectivity index (χ1v) is 4.27. The van der Waals surface area contributed by atoms with Crippen molar-refractivity contribution in [3.63, 3.8) is 0 Å². The maximum atomic E-state index is 12.1. The van der Waals surface area contributed by atoms with Gasteiger partial charge in [0.1, 0.15) is 6.67 Å². The van der Waals surface area contributed by atoms with Gasteiger partial charge in [0.15, 0.2) is 0 Å². The minimum absolute atomic E-state index is 0.477. The molecule has 0 spiro atoms. The standard InChI is InChI=1S/C9H11ClFN/c10-5-7-1-3-8(4-2-7)9(12)6-11/h1-4,9H,5-6,12H2. The second-order valence-electron chi connectivity index (χ2n) is 2.64. The lowest BCUT2D eigenvalue weighted by molar-refractivity contribution is 0.437. The lowest BCUT2D eigenvalue weighted by atomic mass is 10.1. The van der Waals surface area contributed by atoms with Gasteiger partial charge < -0.3 is 5.73 Å². The van der Waals surface area contributed by atoms with E-state index in [1.165, 1.54) is 0 Å². The Morgan fingerprint density at radius 3 is 2.33 bits per heavy atom. The van der Waals surface area contributed by atoms with Gasteiger partial charge in [-0.3, -0.25) is 0 Å². The predicted molar refractivity (Wildman–Crippen MR) is 48.9 cm³/mol. The largest absolute Gasteiger partial charge is 0.322 e. The molecular formula is C9H11ClFN. The van der Waals surface area contributed by atoms with Crippen LogP contribution in [0.25, 0.3) is 0 Å². The molecule has 0 aliphatic heterocycles. The average Bonchev–Trinajstić information content (AvgIpc) is 2.17. The molecular weight excluding hydrogens is 177 g/mol. The average molecular weight is 188 g/mol. The van der Waals surface area contributed by atoms with Gasteiger partial charge in [0.25, 0.3) is 0 Å². The van der Waals surface area contributed by atoms with Gasteiger partial charge in [0.05, 0.1) is 6.04 Å². The Labute approximate surface area is 76.3 Å². The lowest BCUT2D eigenvalue weighted by Gasteiger charge is -2.06. The van der Waals surface area contributed by atoms with Gasteiger partial charge in [-0.2, -0.15) is 0 Å². The maximum absolute atomic E-state index is 12.1. The summed E-state index contributed by atoms with van der Waals surface area (Å²) in [5, 5.41) is 0. The summed E-state index contributed by atoms with van der Waals surface area (Å²) in [6.07, 6.45) is 0. The zero-order valence-corrected chi connectivity index (χ0v) is 7.39. The first-order chi connectivity index (χ1) is 5.77. The molecule has 0 aliphatic rings. The van der Waals surface area contributed by atoms with Gasteiger partial charge in [-0.1, -0.05) is 24.3 Å². The summed E-state index contributed by atoms with van der Waals surface area (Å²) in [6, 6.07) is 6.83. The van der Waals surface area contributed by atoms with E-state index in [2.05, 4.69) is 0 Å². The first-order valence-electron chi connectivity index (χ1n) is 3.74. The molecule has 0 radical (unpaired) electrons. The number of alkyl halides is 2. The van der Waals surface area contributed by atoms with E-state index < -0.39 is 12.7 Å². The van der Waals surface area contributed by atoms with Gasteiger partial charge in [0, 0.05) is 5.88 Å². The fourth-order valence-electron chi connectivity index (χ4n) is 0.943. The summed E-state index contributed by atoms with van der Waals surface area (Å²) in [5.74, 6) is 0.477. The molecule has 0 aliphatic carbocycles. The number of hydrogen-bond acceptors (Lipinski definition) is 1. The maximum Gasteiger partial charge on any atom is 0.109 e. The fourth-order valence-corrected chi connectivity index (χ4v) is 1.12. The molecule has 0 saturated heterocycles. The number of benzene rings is 1. The molecule has 12 heavy (non-hydrogen) atoms. The van der Waals surface area contributed by atoms with Gasteiger partial charge in [-0.25, -0.2) is 4.39 Å². The molecule has 0 heterocycles. The molecule has 3 heteroatoms. The van der Waals surface area contributed by atoms with Crippen molar-refractivity contribution in [3.8, 4) is 0 Å². The summed E-state index contributed by atoms with van der Waals surface area (Å²) in [7, 11) is 0. The fraction of sp³-hybridized carbons (Fsp3) is 0.333. The molecule has 66 valence electrons. The Hall–Kier alpha value is -0.600. The third-order valence-corrected chi connectivity index (χ3v) is 2.04. The molecule has 0 saturated carbocycles. The van der Waals surface area contributed by atoms with E-state index in [9.17, 15) is 4.39 Å². The van der Waals surface area contributed by atoms with Crippen molar-refractivity contribution in [1.29, 1.82) is 0 Å². The molecule has 1 aromatic rings. The topological polar surface area (TPSA) is 26.0 Å². The molecule has 0 bridgehead atoms. The van der Waals surface area contributed by atoms with E-state index >= 15 is 0 Å². The van der Waals surface area contributed by atoms with Gasteiger partial charge in [-0.15, -0.1) is 11.6 Å². The second kappa shape index (κ2) is 4.43. The molecule has 1 nitrogen and oxygen atoms in total. The Morgan fingerprint density at radius 2 is 1.92 bits per heavy atom. The highest BCUT2D eigenvalue weighted by Gasteiger charge is 2.03. The van der Waals surface area contributed by atoms with E-state index in [1.54, 1.807) is 0 Å². The monoisotopic (exact) mass is 187 g/mol. The van der Waals surface area contributed by atoms with Crippen LogP contribution >= 0.6 is 11.6 Å². The third-order valence-electron chi connectivity index (χ3n) is 1.73. The van der Waals surface area contributed by atoms with Crippen LogP contribution in [-0.4, -0.2) is 6.67 Å². The Kier molecular flexibility index (Phi) is 3.50. The molecule has 0 aromatic heterocycles. The Morgan fingerprint density at radius 1 is 1.33 bits per heavy atom. The molecule has 1 aromatic carbocycles. The SMILES string of the molecule is NC(CF)c1ccc(CCl)cc1. The van der Waals surface area contributed by atoms with Crippen LogP contribution in [0.2, 0.25) is 0 Å². The molecule has 2 N–H and O–H groups in total. The minimum Gasteiger partial charge on any atom is -0.322 e. The molecule has 0 fully saturated rings. The quantitative estimate of drug-likeness (QED) is 0.723. The summed E-state index contributed by atoms with van der Waals surface area (Å²) >= 11 is 5.59. The lowest BCUT2D eigenvalue weighted by Crippen LogP contribution is -2.11. The van der Waals surface area contributed by atoms with Crippen LogP contribution < -0.4 is 5.73 Å². The minimum atomic E-state index is -0.528. The van der Waals surface area contributed by atoms with E-state index in [4.69, 9.17) is 17.3 Å². The van der Waals surface area contributed by atoms with Crippen molar-refractivity contribution >= 4 is 11.6 Å². The van der Waals surface area contributed by atoms with Crippen molar-refractivity contribution in [1.82, 2.24) is 0 Å². The van der Waals surface area contributed by atoms with Crippen LogP contribution in [0.5, 0.6) is 0 Å². The van der Waals surface area contributed by atoms with Crippen molar-refractivity contribution in [2.45, 2.75) is 11.9 Å². The van der Waals surface area contributed by atoms with Crippen molar-refractivity contribution in [2.75, 3.05) is 6.67 Å². The summed E-state index contributed by atoms with van der Waals surface area (Å²) < 4.78 is 12.1. The highest BCUT2D eigenvalue weighted by atomic mass is 35.5. The Bertz CT molecular complexity index is 235. The molecule has 0 amide bonds. The van der Waals surface area contributed by atoms with Gasteiger partial charge in [0.2, 0.25) is 0 Å². The van der Waals surface area contributed by atoms with E-state index in [0.29, 0.717) is 5.88 Å². The van der Waals surface area contributed by atoms with Crippen molar-refractivity contribution < 1.29 is 4.39 Å². The summed E-state index contributed by atoms with van der Waals surface area (Å²) in [6.45, 7) is -0.528. The molecule has 1 rings (SSSR count). The van der Waals surface area contributed by atoms with Gasteiger partial charge in [-0.05, 0) is 11.1 Å². The van der Waals surface area contributed by atoms with E-state index in [1.807, 2.05) is 24.3 Å². The normalized spacial score (nSPS) is 12.9. The van der Waals surface area contributed by atoms with Crippen LogP contribution in [0.15, 0.2) is 24.3 Å². The van der Waals surface area contributed by atoms with Crippen LogP contribution in [0.1, 0.15) is 17.2 Å². The number of hydrogen-bond donors (Lipinski definition) is 1. The predicted octanol–water partition coefficient (Wildman–Crippen LogP) is 2.39. The van der Waals surface area contributed by atoms with E-state index in [-0.39, 0.29) is 0 Å². The highest BCUT2D eigenvalue weighted by molar-refractivity contribution is 6.17. The first kappa shape index (κ1) is 9.49. The molecule has 1 unspecified atom stereocenters. The third kappa shape index (κ3) is 2.19. The zero-order valence-electron chi connectivity index (χ0n) is 6.63. The van der Waals surface area contributed by atoms with Crippen LogP contribution in [-0.2, 0) is 5.88 Å². The number of halogens is 2. The van der Waals surface area contributed by atoms with Crippen LogP contribution in [0, 0.1) is 0 Å². The highest BCUT2D eigenvalue weighted by Crippen LogP contribution is 2.12. The smallest absolute Gasteiger partial charge is 0.109 e. The summed E-state index contributed by atoms with van der Waals surface area (Å²) in [5.41, 5.74) is 7.31. The van der Waals surface area contributed by atoms with Gasteiger partial charge >= 0.3 is 0 Å². The zero-order chi connectivity index (χ0) is 8.97. The second-order valence-corrected chi connectivity index (χ2v) is 2.90. The van der Waals surface area contributed by atoms with Crippen LogP contribution in [0.3, 0.4) is 0 Å². The van der Waals surface area contributed by atoms with Crippen LogP contribution in [0.4, 0.5) is 4.39 Å².